The minimum Gasteiger partial charge on any atom is -0.508 e. The molecule has 98 valence electrons. The molecule has 1 saturated carbocycles. The summed E-state index contributed by atoms with van der Waals surface area (Å²) in [5, 5.41) is 9.35. The van der Waals surface area contributed by atoms with Gasteiger partial charge in [-0.15, -0.1) is 0 Å². The van der Waals surface area contributed by atoms with E-state index in [1.165, 1.54) is 6.07 Å². The summed E-state index contributed by atoms with van der Waals surface area (Å²) in [4.78, 5) is 11.1. The highest BCUT2D eigenvalue weighted by molar-refractivity contribution is 5.79. The summed E-state index contributed by atoms with van der Waals surface area (Å²) < 4.78 is 38.6. The van der Waals surface area contributed by atoms with E-state index >= 15 is 0 Å². The van der Waals surface area contributed by atoms with Crippen LogP contribution in [0.1, 0.15) is 42.7 Å². The fourth-order valence-corrected chi connectivity index (χ4v) is 2.40. The Labute approximate surface area is 102 Å². The molecular formula is C13H13F3O2. The van der Waals surface area contributed by atoms with Crippen LogP contribution in [0.4, 0.5) is 13.2 Å². The highest BCUT2D eigenvalue weighted by Gasteiger charge is 2.36. The van der Waals surface area contributed by atoms with Crippen molar-refractivity contribution in [3.8, 4) is 5.75 Å². The third kappa shape index (κ3) is 2.66. The summed E-state index contributed by atoms with van der Waals surface area (Å²) in [7, 11) is 0. The van der Waals surface area contributed by atoms with E-state index < -0.39 is 11.7 Å². The molecule has 1 aliphatic rings. The molecule has 1 N–H and O–H groups in total. The van der Waals surface area contributed by atoms with Gasteiger partial charge in [-0.2, -0.15) is 13.2 Å². The van der Waals surface area contributed by atoms with Crippen molar-refractivity contribution < 1.29 is 23.1 Å². The van der Waals surface area contributed by atoms with Gasteiger partial charge in [0, 0.05) is 12.8 Å². The van der Waals surface area contributed by atoms with E-state index in [0.29, 0.717) is 25.7 Å². The minimum absolute atomic E-state index is 0.0972. The van der Waals surface area contributed by atoms with E-state index in [1.807, 2.05) is 0 Å². The van der Waals surface area contributed by atoms with Gasteiger partial charge in [-0.3, -0.25) is 4.79 Å². The number of Topliss-reactive ketones (excluding diaryl/α,β-unsaturated/α-hetero) is 1. The van der Waals surface area contributed by atoms with Crippen LogP contribution < -0.4 is 0 Å². The molecule has 0 spiro atoms. The predicted molar refractivity (Wildman–Crippen MR) is 59.3 cm³/mol. The molecular weight excluding hydrogens is 245 g/mol. The minimum atomic E-state index is -4.43. The highest BCUT2D eigenvalue weighted by Crippen LogP contribution is 2.41. The average molecular weight is 258 g/mol. The number of hydrogen-bond acceptors (Lipinski definition) is 2. The zero-order valence-electron chi connectivity index (χ0n) is 9.63. The Morgan fingerprint density at radius 2 is 1.78 bits per heavy atom. The van der Waals surface area contributed by atoms with Crippen LogP contribution in [0.3, 0.4) is 0 Å². The van der Waals surface area contributed by atoms with Gasteiger partial charge >= 0.3 is 6.18 Å². The summed E-state index contributed by atoms with van der Waals surface area (Å²) in [6.45, 7) is 0. The monoisotopic (exact) mass is 258 g/mol. The number of carbonyl (C=O) groups excluding carboxylic acids is 1. The van der Waals surface area contributed by atoms with Gasteiger partial charge in [-0.25, -0.2) is 0 Å². The Balaban J connectivity index is 2.36. The van der Waals surface area contributed by atoms with Crippen LogP contribution in [-0.4, -0.2) is 10.9 Å². The van der Waals surface area contributed by atoms with Crippen molar-refractivity contribution >= 4 is 5.78 Å². The third-order valence-electron chi connectivity index (χ3n) is 3.32. The summed E-state index contributed by atoms with van der Waals surface area (Å²) in [5.41, 5.74) is -0.602. The van der Waals surface area contributed by atoms with Gasteiger partial charge in [-0.05, 0) is 42.5 Å². The second-order valence-corrected chi connectivity index (χ2v) is 4.58. The number of benzene rings is 1. The number of phenolic OH excluding ortho intramolecular Hbond substituents is 1. The number of halogens is 3. The SMILES string of the molecule is O=C1CCC(c2cc(O)ccc2C(F)(F)F)CC1. The second-order valence-electron chi connectivity index (χ2n) is 4.58. The van der Waals surface area contributed by atoms with Crippen LogP contribution in [0.25, 0.3) is 0 Å². The molecule has 18 heavy (non-hydrogen) atoms. The summed E-state index contributed by atoms with van der Waals surface area (Å²) >= 11 is 0. The zero-order chi connectivity index (χ0) is 13.3. The Hall–Kier alpha value is -1.52. The topological polar surface area (TPSA) is 37.3 Å². The number of phenols is 1. The zero-order valence-corrected chi connectivity index (χ0v) is 9.63. The molecule has 1 aromatic rings. The molecule has 5 heteroatoms. The second kappa shape index (κ2) is 4.63. The number of alkyl halides is 3. The van der Waals surface area contributed by atoms with E-state index in [-0.39, 0.29) is 23.0 Å². The lowest BCUT2D eigenvalue weighted by Gasteiger charge is -2.24. The van der Waals surface area contributed by atoms with Gasteiger partial charge in [0.05, 0.1) is 5.56 Å². The molecule has 0 heterocycles. The maximum atomic E-state index is 12.9. The van der Waals surface area contributed by atoms with Gasteiger partial charge in [0.1, 0.15) is 11.5 Å². The third-order valence-corrected chi connectivity index (χ3v) is 3.32. The number of hydrogen-bond donors (Lipinski definition) is 1. The van der Waals surface area contributed by atoms with Crippen molar-refractivity contribution in [2.45, 2.75) is 37.8 Å². The number of aromatic hydroxyl groups is 1. The molecule has 0 unspecified atom stereocenters. The lowest BCUT2D eigenvalue weighted by atomic mass is 9.81. The first-order valence-electron chi connectivity index (χ1n) is 5.79. The van der Waals surface area contributed by atoms with E-state index in [2.05, 4.69) is 0 Å². The first kappa shape index (κ1) is 12.9. The van der Waals surface area contributed by atoms with Gasteiger partial charge in [0.2, 0.25) is 0 Å². The van der Waals surface area contributed by atoms with Crippen LogP contribution in [0, 0.1) is 0 Å². The normalized spacial score (nSPS) is 18.1. The van der Waals surface area contributed by atoms with Crippen LogP contribution in [0.15, 0.2) is 18.2 Å². The lowest BCUT2D eigenvalue weighted by Crippen LogP contribution is -2.17. The maximum absolute atomic E-state index is 12.9. The van der Waals surface area contributed by atoms with E-state index in [9.17, 15) is 23.1 Å². The maximum Gasteiger partial charge on any atom is 0.416 e. The Kier molecular flexibility index (Phi) is 3.32. The fraction of sp³-hybridized carbons (Fsp3) is 0.462. The van der Waals surface area contributed by atoms with E-state index in [0.717, 1.165) is 12.1 Å². The number of rotatable bonds is 1. The standard InChI is InChI=1S/C13H13F3O2/c14-13(15,16)12-6-5-10(18)7-11(12)8-1-3-9(17)4-2-8/h5-8,18H,1-4H2. The smallest absolute Gasteiger partial charge is 0.416 e. The molecule has 0 saturated heterocycles. The largest absolute Gasteiger partial charge is 0.508 e. The van der Waals surface area contributed by atoms with Crippen molar-refractivity contribution in [1.82, 2.24) is 0 Å². The van der Waals surface area contributed by atoms with Crippen LogP contribution in [0.2, 0.25) is 0 Å². The molecule has 0 amide bonds. The van der Waals surface area contributed by atoms with Crippen molar-refractivity contribution in [3.05, 3.63) is 29.3 Å². The molecule has 0 aliphatic heterocycles. The van der Waals surface area contributed by atoms with Crippen molar-refractivity contribution in [1.29, 1.82) is 0 Å². The fourth-order valence-electron chi connectivity index (χ4n) is 2.40. The van der Waals surface area contributed by atoms with Crippen molar-refractivity contribution in [3.63, 3.8) is 0 Å². The van der Waals surface area contributed by atoms with Gasteiger partial charge in [0.25, 0.3) is 0 Å². The predicted octanol–water partition coefficient (Wildman–Crippen LogP) is 3.64. The molecule has 0 aromatic heterocycles. The van der Waals surface area contributed by atoms with Gasteiger partial charge in [0.15, 0.2) is 0 Å². The number of ketones is 1. The van der Waals surface area contributed by atoms with Crippen molar-refractivity contribution in [2.24, 2.45) is 0 Å². The lowest BCUT2D eigenvalue weighted by molar-refractivity contribution is -0.138. The molecule has 2 rings (SSSR count). The van der Waals surface area contributed by atoms with E-state index in [4.69, 9.17) is 0 Å². The average Bonchev–Trinajstić information content (AvgIpc) is 2.28. The quantitative estimate of drug-likeness (QED) is 0.835. The highest BCUT2D eigenvalue weighted by atomic mass is 19.4. The van der Waals surface area contributed by atoms with Crippen LogP contribution in [-0.2, 0) is 11.0 Å². The summed E-state index contributed by atoms with van der Waals surface area (Å²) in [6, 6.07) is 3.12. The van der Waals surface area contributed by atoms with Gasteiger partial charge in [-0.1, -0.05) is 0 Å². The van der Waals surface area contributed by atoms with Crippen LogP contribution in [0.5, 0.6) is 5.75 Å². The van der Waals surface area contributed by atoms with Crippen LogP contribution >= 0.6 is 0 Å². The summed E-state index contributed by atoms with van der Waals surface area (Å²) in [6.07, 6.45) is -2.95. The summed E-state index contributed by atoms with van der Waals surface area (Å²) in [5.74, 6) is -0.374. The Morgan fingerprint density at radius 3 is 2.33 bits per heavy atom. The Bertz CT molecular complexity index is 456. The first-order chi connectivity index (χ1) is 8.38. The molecule has 2 nitrogen and oxygen atoms in total. The first-order valence-corrected chi connectivity index (χ1v) is 5.79. The molecule has 1 aliphatic carbocycles. The molecule has 0 radical (unpaired) electrons. The molecule has 1 aromatic carbocycles. The molecule has 0 bridgehead atoms. The van der Waals surface area contributed by atoms with E-state index in [1.54, 1.807) is 0 Å². The number of carbonyl (C=O) groups is 1. The Morgan fingerprint density at radius 1 is 1.17 bits per heavy atom. The van der Waals surface area contributed by atoms with Gasteiger partial charge < -0.3 is 5.11 Å². The molecule has 1 fully saturated rings. The van der Waals surface area contributed by atoms with Crippen molar-refractivity contribution in [2.75, 3.05) is 0 Å². The molecule has 0 atom stereocenters.